The fourth-order valence-corrected chi connectivity index (χ4v) is 2.01. The summed E-state index contributed by atoms with van der Waals surface area (Å²) in [5, 5.41) is 0. The van der Waals surface area contributed by atoms with Crippen molar-refractivity contribution >= 4 is 5.91 Å². The van der Waals surface area contributed by atoms with Crippen molar-refractivity contribution in [2.24, 2.45) is 5.73 Å². The number of rotatable bonds is 4. The molecule has 17 heavy (non-hydrogen) atoms. The second-order valence-corrected chi connectivity index (χ2v) is 4.85. The van der Waals surface area contributed by atoms with Gasteiger partial charge in [0.05, 0.1) is 6.42 Å². The quantitative estimate of drug-likeness (QED) is 0.819. The van der Waals surface area contributed by atoms with Gasteiger partial charge in [-0.25, -0.2) is 4.98 Å². The Kier molecular flexibility index (Phi) is 4.21. The average molecular weight is 238 g/mol. The van der Waals surface area contributed by atoms with Gasteiger partial charge in [-0.3, -0.25) is 4.79 Å². The summed E-state index contributed by atoms with van der Waals surface area (Å²) in [5.74, 6) is -0.773. The van der Waals surface area contributed by atoms with E-state index in [2.05, 4.69) is 4.98 Å². The highest BCUT2D eigenvalue weighted by atomic mass is 19.1. The molecule has 0 aromatic carbocycles. The van der Waals surface area contributed by atoms with Gasteiger partial charge in [0.15, 0.2) is 0 Å². The summed E-state index contributed by atoms with van der Waals surface area (Å²) in [4.78, 5) is 14.9. The Morgan fingerprint density at radius 2 is 1.94 bits per heavy atom. The number of aromatic nitrogens is 1. The van der Waals surface area contributed by atoms with E-state index >= 15 is 0 Å². The van der Waals surface area contributed by atoms with Crippen LogP contribution in [-0.4, -0.2) is 10.9 Å². The Balaban J connectivity index is 3.43. The molecule has 1 amide bonds. The van der Waals surface area contributed by atoms with Gasteiger partial charge in [-0.1, -0.05) is 27.7 Å². The number of carbonyl (C=O) groups is 1. The third-order valence-corrected chi connectivity index (χ3v) is 2.76. The van der Waals surface area contributed by atoms with Crippen LogP contribution in [0, 0.1) is 5.95 Å². The zero-order chi connectivity index (χ0) is 13.2. The molecule has 0 aliphatic heterocycles. The molecule has 0 aliphatic carbocycles. The number of pyridine rings is 1. The Hall–Kier alpha value is -1.45. The number of nitrogens with two attached hydrogens (primary N) is 1. The van der Waals surface area contributed by atoms with Gasteiger partial charge < -0.3 is 5.73 Å². The molecule has 3 nitrogen and oxygen atoms in total. The molecule has 4 heteroatoms. The predicted molar refractivity (Wildman–Crippen MR) is 65.3 cm³/mol. The molecule has 0 spiro atoms. The second kappa shape index (κ2) is 5.25. The number of hydrogen-bond acceptors (Lipinski definition) is 2. The Bertz CT molecular complexity index is 428. The SMILES string of the molecule is CC(C)c1cnc(F)c(C(C)C)c1CC(N)=O. The van der Waals surface area contributed by atoms with Crippen molar-refractivity contribution in [1.82, 2.24) is 4.98 Å². The van der Waals surface area contributed by atoms with E-state index in [1.54, 1.807) is 0 Å². The first-order valence-electron chi connectivity index (χ1n) is 5.80. The Morgan fingerprint density at radius 3 is 2.35 bits per heavy atom. The Labute approximate surface area is 101 Å². The maximum atomic E-state index is 13.7. The predicted octanol–water partition coefficient (Wildman–Crippen LogP) is 2.50. The van der Waals surface area contributed by atoms with Crippen molar-refractivity contribution in [3.05, 3.63) is 28.8 Å². The van der Waals surface area contributed by atoms with Gasteiger partial charge in [-0.15, -0.1) is 0 Å². The molecule has 0 fully saturated rings. The van der Waals surface area contributed by atoms with E-state index in [9.17, 15) is 9.18 Å². The smallest absolute Gasteiger partial charge is 0.221 e. The number of hydrogen-bond donors (Lipinski definition) is 1. The van der Waals surface area contributed by atoms with Crippen LogP contribution in [0.25, 0.3) is 0 Å². The van der Waals surface area contributed by atoms with Gasteiger partial charge in [-0.2, -0.15) is 4.39 Å². The van der Waals surface area contributed by atoms with E-state index in [0.717, 1.165) is 5.56 Å². The van der Waals surface area contributed by atoms with Gasteiger partial charge in [0, 0.05) is 11.8 Å². The van der Waals surface area contributed by atoms with Crippen LogP contribution in [0.2, 0.25) is 0 Å². The first kappa shape index (κ1) is 13.6. The first-order chi connectivity index (χ1) is 7.84. The number of carbonyl (C=O) groups excluding carboxylic acids is 1. The fourth-order valence-electron chi connectivity index (χ4n) is 2.01. The number of primary amides is 1. The fraction of sp³-hybridized carbons (Fsp3) is 0.538. The lowest BCUT2D eigenvalue weighted by atomic mass is 9.89. The molecule has 1 aromatic heterocycles. The zero-order valence-corrected chi connectivity index (χ0v) is 10.7. The molecule has 0 radical (unpaired) electrons. The summed E-state index contributed by atoms with van der Waals surface area (Å²) in [6, 6.07) is 0. The molecule has 1 heterocycles. The topological polar surface area (TPSA) is 56.0 Å². The molecule has 0 saturated carbocycles. The first-order valence-corrected chi connectivity index (χ1v) is 5.80. The molecular weight excluding hydrogens is 219 g/mol. The van der Waals surface area contributed by atoms with Crippen LogP contribution in [0.4, 0.5) is 4.39 Å². The zero-order valence-electron chi connectivity index (χ0n) is 10.7. The van der Waals surface area contributed by atoms with E-state index < -0.39 is 11.9 Å². The van der Waals surface area contributed by atoms with E-state index in [0.29, 0.717) is 11.1 Å². The Morgan fingerprint density at radius 1 is 1.35 bits per heavy atom. The third-order valence-electron chi connectivity index (χ3n) is 2.76. The molecular formula is C13H19FN2O. The average Bonchev–Trinajstić information content (AvgIpc) is 2.15. The van der Waals surface area contributed by atoms with Crippen LogP contribution in [0.3, 0.4) is 0 Å². The van der Waals surface area contributed by atoms with Gasteiger partial charge in [0.2, 0.25) is 11.9 Å². The van der Waals surface area contributed by atoms with Crippen molar-refractivity contribution in [2.45, 2.75) is 46.0 Å². The number of amides is 1. The van der Waals surface area contributed by atoms with Crippen molar-refractivity contribution < 1.29 is 9.18 Å². The van der Waals surface area contributed by atoms with E-state index in [1.807, 2.05) is 27.7 Å². The molecule has 0 unspecified atom stereocenters. The highest BCUT2D eigenvalue weighted by molar-refractivity contribution is 5.77. The maximum absolute atomic E-state index is 13.7. The molecule has 1 rings (SSSR count). The van der Waals surface area contributed by atoms with Crippen molar-refractivity contribution in [1.29, 1.82) is 0 Å². The number of nitrogens with zero attached hydrogens (tertiary/aromatic N) is 1. The second-order valence-electron chi connectivity index (χ2n) is 4.85. The van der Waals surface area contributed by atoms with E-state index in [-0.39, 0.29) is 18.3 Å². The standard InChI is InChI=1S/C13H19FN2O/c1-7(2)10-6-16-13(14)12(8(3)4)9(10)5-11(15)17/h6-8H,5H2,1-4H3,(H2,15,17). The van der Waals surface area contributed by atoms with Crippen LogP contribution in [0.1, 0.15) is 56.2 Å². The molecule has 0 aliphatic rings. The summed E-state index contributed by atoms with van der Waals surface area (Å²) in [6.45, 7) is 7.75. The highest BCUT2D eigenvalue weighted by Crippen LogP contribution is 2.28. The molecule has 0 saturated heterocycles. The van der Waals surface area contributed by atoms with Crippen molar-refractivity contribution in [2.75, 3.05) is 0 Å². The molecule has 0 bridgehead atoms. The van der Waals surface area contributed by atoms with Gasteiger partial charge >= 0.3 is 0 Å². The summed E-state index contributed by atoms with van der Waals surface area (Å²) in [7, 11) is 0. The van der Waals surface area contributed by atoms with Crippen LogP contribution in [0.15, 0.2) is 6.20 Å². The van der Waals surface area contributed by atoms with Crippen LogP contribution < -0.4 is 5.73 Å². The minimum absolute atomic E-state index is 0.0180. The molecule has 0 atom stereocenters. The van der Waals surface area contributed by atoms with E-state index in [1.165, 1.54) is 6.20 Å². The highest BCUT2D eigenvalue weighted by Gasteiger charge is 2.20. The third kappa shape index (κ3) is 3.02. The lowest BCUT2D eigenvalue weighted by molar-refractivity contribution is -0.117. The monoisotopic (exact) mass is 238 g/mol. The van der Waals surface area contributed by atoms with Crippen LogP contribution in [-0.2, 0) is 11.2 Å². The van der Waals surface area contributed by atoms with Gasteiger partial charge in [0.1, 0.15) is 0 Å². The van der Waals surface area contributed by atoms with Gasteiger partial charge in [0.25, 0.3) is 0 Å². The summed E-state index contributed by atoms with van der Waals surface area (Å²) >= 11 is 0. The minimum Gasteiger partial charge on any atom is -0.369 e. The largest absolute Gasteiger partial charge is 0.369 e. The summed E-state index contributed by atoms with van der Waals surface area (Å²) in [5.41, 5.74) is 7.34. The normalized spacial score (nSPS) is 11.2. The van der Waals surface area contributed by atoms with Crippen LogP contribution >= 0.6 is 0 Å². The number of halogens is 1. The minimum atomic E-state index is -0.499. The molecule has 94 valence electrons. The molecule has 1 aromatic rings. The van der Waals surface area contributed by atoms with Gasteiger partial charge in [-0.05, 0) is 23.0 Å². The van der Waals surface area contributed by atoms with E-state index in [4.69, 9.17) is 5.73 Å². The van der Waals surface area contributed by atoms with Crippen molar-refractivity contribution in [3.63, 3.8) is 0 Å². The molecule has 2 N–H and O–H groups in total. The summed E-state index contributed by atoms with van der Waals surface area (Å²) in [6.07, 6.45) is 1.57. The summed E-state index contributed by atoms with van der Waals surface area (Å²) < 4.78 is 13.7. The maximum Gasteiger partial charge on any atom is 0.221 e. The lowest BCUT2D eigenvalue weighted by Gasteiger charge is -2.18. The lowest BCUT2D eigenvalue weighted by Crippen LogP contribution is -2.18. The van der Waals surface area contributed by atoms with Crippen LogP contribution in [0.5, 0.6) is 0 Å². The van der Waals surface area contributed by atoms with Crippen molar-refractivity contribution in [3.8, 4) is 0 Å².